The van der Waals surface area contributed by atoms with Crippen LogP contribution >= 0.6 is 15.9 Å². The zero-order chi connectivity index (χ0) is 14.7. The molecule has 0 aliphatic heterocycles. The van der Waals surface area contributed by atoms with Crippen LogP contribution in [0.3, 0.4) is 0 Å². The highest BCUT2D eigenvalue weighted by atomic mass is 79.9. The van der Waals surface area contributed by atoms with Crippen molar-refractivity contribution in [3.8, 4) is 11.3 Å². The zero-order valence-corrected chi connectivity index (χ0v) is 12.9. The van der Waals surface area contributed by atoms with Crippen molar-refractivity contribution in [2.45, 2.75) is 19.5 Å². The second-order valence-electron chi connectivity index (χ2n) is 4.70. The number of hydrogen-bond acceptors (Lipinski definition) is 3. The van der Waals surface area contributed by atoms with Crippen molar-refractivity contribution in [2.24, 2.45) is 0 Å². The lowest BCUT2D eigenvalue weighted by Gasteiger charge is -2.19. The molecule has 0 saturated heterocycles. The first-order valence-corrected chi connectivity index (χ1v) is 7.04. The van der Waals surface area contributed by atoms with Crippen LogP contribution in [-0.2, 0) is 11.3 Å². The summed E-state index contributed by atoms with van der Waals surface area (Å²) >= 11 is 3.39. The Morgan fingerprint density at radius 3 is 2.55 bits per heavy atom. The van der Waals surface area contributed by atoms with Gasteiger partial charge in [0.1, 0.15) is 17.6 Å². The van der Waals surface area contributed by atoms with E-state index < -0.39 is 12.0 Å². The van der Waals surface area contributed by atoms with Crippen molar-refractivity contribution in [3.63, 3.8) is 0 Å². The molecule has 1 atom stereocenters. The minimum Gasteiger partial charge on any atom is -0.480 e. The van der Waals surface area contributed by atoms with Crippen LogP contribution < -0.4 is 0 Å². The van der Waals surface area contributed by atoms with Gasteiger partial charge in [-0.25, -0.2) is 0 Å². The Morgan fingerprint density at radius 2 is 1.95 bits per heavy atom. The number of carboxylic acid groups (broad SMARTS) is 1. The molecule has 1 N–H and O–H groups in total. The van der Waals surface area contributed by atoms with Crippen LogP contribution in [0.15, 0.2) is 45.3 Å². The van der Waals surface area contributed by atoms with Gasteiger partial charge in [0.05, 0.1) is 6.54 Å². The summed E-state index contributed by atoms with van der Waals surface area (Å²) < 4.78 is 6.78. The Morgan fingerprint density at radius 1 is 1.30 bits per heavy atom. The summed E-state index contributed by atoms with van der Waals surface area (Å²) in [5.74, 6) is 0.689. The number of furan rings is 1. The maximum absolute atomic E-state index is 10.9. The predicted molar refractivity (Wildman–Crippen MR) is 80.4 cm³/mol. The minimum atomic E-state index is -0.841. The second-order valence-corrected chi connectivity index (χ2v) is 5.62. The molecule has 2 rings (SSSR count). The second kappa shape index (κ2) is 6.24. The van der Waals surface area contributed by atoms with Gasteiger partial charge in [-0.05, 0) is 38.2 Å². The molecule has 0 aliphatic carbocycles. The van der Waals surface area contributed by atoms with E-state index in [2.05, 4.69) is 15.9 Å². The third-order valence-electron chi connectivity index (χ3n) is 3.21. The summed E-state index contributed by atoms with van der Waals surface area (Å²) in [6.07, 6.45) is 0. The SMILES string of the molecule is CC(C(=O)O)N(C)Cc1ccc(-c2ccc(Br)cc2)o1. The first kappa shape index (κ1) is 14.8. The molecular formula is C15H16BrNO3. The van der Waals surface area contributed by atoms with E-state index in [1.807, 2.05) is 36.4 Å². The number of carboxylic acids is 1. The van der Waals surface area contributed by atoms with Crippen LogP contribution in [0.1, 0.15) is 12.7 Å². The van der Waals surface area contributed by atoms with Crippen LogP contribution in [0.2, 0.25) is 0 Å². The van der Waals surface area contributed by atoms with Gasteiger partial charge in [0, 0.05) is 10.0 Å². The average molecular weight is 338 g/mol. The lowest BCUT2D eigenvalue weighted by molar-refractivity contribution is -0.142. The molecule has 2 aromatic rings. The molecule has 0 radical (unpaired) electrons. The number of hydrogen-bond donors (Lipinski definition) is 1. The van der Waals surface area contributed by atoms with Gasteiger partial charge >= 0.3 is 5.97 Å². The van der Waals surface area contributed by atoms with Gasteiger partial charge in [0.2, 0.25) is 0 Å². The molecule has 0 spiro atoms. The fourth-order valence-electron chi connectivity index (χ4n) is 1.80. The highest BCUT2D eigenvalue weighted by Crippen LogP contribution is 2.24. The van der Waals surface area contributed by atoms with Crippen LogP contribution in [-0.4, -0.2) is 29.1 Å². The molecule has 5 heteroatoms. The molecule has 1 unspecified atom stereocenters. The predicted octanol–water partition coefficient (Wildman–Crippen LogP) is 3.61. The molecule has 20 heavy (non-hydrogen) atoms. The molecule has 0 bridgehead atoms. The number of likely N-dealkylation sites (N-methyl/N-ethyl adjacent to an activating group) is 1. The lowest BCUT2D eigenvalue weighted by atomic mass is 10.2. The van der Waals surface area contributed by atoms with Crippen molar-refractivity contribution in [1.29, 1.82) is 0 Å². The van der Waals surface area contributed by atoms with E-state index in [9.17, 15) is 4.79 Å². The van der Waals surface area contributed by atoms with Gasteiger partial charge in [-0.2, -0.15) is 0 Å². The zero-order valence-electron chi connectivity index (χ0n) is 11.3. The molecule has 0 aliphatic rings. The lowest BCUT2D eigenvalue weighted by Crippen LogP contribution is -2.35. The smallest absolute Gasteiger partial charge is 0.320 e. The Balaban J connectivity index is 2.09. The largest absolute Gasteiger partial charge is 0.480 e. The Kier molecular flexibility index (Phi) is 4.62. The summed E-state index contributed by atoms with van der Waals surface area (Å²) in [6, 6.07) is 11.1. The summed E-state index contributed by atoms with van der Waals surface area (Å²) in [7, 11) is 1.76. The number of rotatable bonds is 5. The quantitative estimate of drug-likeness (QED) is 0.905. The average Bonchev–Trinajstić information content (AvgIpc) is 2.87. The number of benzene rings is 1. The van der Waals surface area contributed by atoms with E-state index in [0.29, 0.717) is 6.54 Å². The van der Waals surface area contributed by atoms with Gasteiger partial charge in [-0.3, -0.25) is 9.69 Å². The van der Waals surface area contributed by atoms with Gasteiger partial charge < -0.3 is 9.52 Å². The van der Waals surface area contributed by atoms with Gasteiger partial charge in [0.15, 0.2) is 0 Å². The first-order chi connectivity index (χ1) is 9.47. The maximum atomic E-state index is 10.9. The van der Waals surface area contributed by atoms with Crippen molar-refractivity contribution in [1.82, 2.24) is 4.90 Å². The maximum Gasteiger partial charge on any atom is 0.320 e. The molecule has 1 aromatic heterocycles. The Bertz CT molecular complexity index is 591. The Labute approximate surface area is 126 Å². The number of halogens is 1. The first-order valence-electron chi connectivity index (χ1n) is 6.25. The Hall–Kier alpha value is -1.59. The fourth-order valence-corrected chi connectivity index (χ4v) is 2.07. The van der Waals surface area contributed by atoms with Crippen LogP contribution in [0.25, 0.3) is 11.3 Å². The highest BCUT2D eigenvalue weighted by molar-refractivity contribution is 9.10. The molecular weight excluding hydrogens is 322 g/mol. The summed E-state index contributed by atoms with van der Waals surface area (Å²) in [5.41, 5.74) is 0.994. The van der Waals surface area contributed by atoms with E-state index in [0.717, 1.165) is 21.6 Å². The van der Waals surface area contributed by atoms with Crippen molar-refractivity contribution >= 4 is 21.9 Å². The van der Waals surface area contributed by atoms with E-state index in [4.69, 9.17) is 9.52 Å². The molecule has 0 saturated carbocycles. The minimum absolute atomic E-state index is 0.462. The standard InChI is InChI=1S/C15H16BrNO3/c1-10(15(18)19)17(2)9-13-7-8-14(20-13)11-3-5-12(16)6-4-11/h3-8,10H,9H2,1-2H3,(H,18,19). The number of aliphatic carboxylic acids is 1. The topological polar surface area (TPSA) is 53.7 Å². The van der Waals surface area contributed by atoms with E-state index in [1.165, 1.54) is 0 Å². The monoisotopic (exact) mass is 337 g/mol. The van der Waals surface area contributed by atoms with Gasteiger partial charge in [0.25, 0.3) is 0 Å². The van der Waals surface area contributed by atoms with E-state index in [1.54, 1.807) is 18.9 Å². The molecule has 0 amide bonds. The molecule has 106 valence electrons. The molecule has 4 nitrogen and oxygen atoms in total. The summed E-state index contributed by atoms with van der Waals surface area (Å²) in [6.45, 7) is 2.12. The highest BCUT2D eigenvalue weighted by Gasteiger charge is 2.18. The van der Waals surface area contributed by atoms with Crippen LogP contribution in [0.5, 0.6) is 0 Å². The van der Waals surface area contributed by atoms with E-state index >= 15 is 0 Å². The van der Waals surface area contributed by atoms with Crippen molar-refractivity contribution in [2.75, 3.05) is 7.05 Å². The van der Waals surface area contributed by atoms with Crippen LogP contribution in [0.4, 0.5) is 0 Å². The van der Waals surface area contributed by atoms with Crippen LogP contribution in [0, 0.1) is 0 Å². The summed E-state index contributed by atoms with van der Waals surface area (Å²) in [4.78, 5) is 12.6. The number of carbonyl (C=O) groups is 1. The third-order valence-corrected chi connectivity index (χ3v) is 3.74. The van der Waals surface area contributed by atoms with Gasteiger partial charge in [-0.1, -0.05) is 28.1 Å². The molecule has 1 aromatic carbocycles. The van der Waals surface area contributed by atoms with Crippen molar-refractivity contribution < 1.29 is 14.3 Å². The van der Waals surface area contributed by atoms with Crippen molar-refractivity contribution in [3.05, 3.63) is 46.6 Å². The van der Waals surface area contributed by atoms with Gasteiger partial charge in [-0.15, -0.1) is 0 Å². The molecule has 0 fully saturated rings. The third kappa shape index (κ3) is 3.49. The molecule has 1 heterocycles. The van der Waals surface area contributed by atoms with E-state index in [-0.39, 0.29) is 0 Å². The number of nitrogens with zero attached hydrogens (tertiary/aromatic N) is 1. The fraction of sp³-hybridized carbons (Fsp3) is 0.267. The summed E-state index contributed by atoms with van der Waals surface area (Å²) in [5, 5.41) is 8.96. The normalized spacial score (nSPS) is 12.6.